The first-order valence-electron chi connectivity index (χ1n) is 11.1. The van der Waals surface area contributed by atoms with Gasteiger partial charge in [0.05, 0.1) is 22.5 Å². The number of carbonyl (C=O) groups is 3. The number of carbonyl (C=O) groups excluding carboxylic acids is 3. The minimum atomic E-state index is -0.760. The Morgan fingerprint density at radius 1 is 1.33 bits per heavy atom. The van der Waals surface area contributed by atoms with Gasteiger partial charge in [0.25, 0.3) is 11.8 Å². The number of hydrogen-bond donors (Lipinski definition) is 2. The maximum Gasteiger partial charge on any atom is 0.273 e. The van der Waals surface area contributed by atoms with E-state index in [-0.39, 0.29) is 34.3 Å². The lowest BCUT2D eigenvalue weighted by Gasteiger charge is -2.40. The highest BCUT2D eigenvalue weighted by atomic mass is 35.5. The molecule has 0 bridgehead atoms. The molecule has 1 saturated carbocycles. The number of H-pyrrole nitrogens is 1. The van der Waals surface area contributed by atoms with E-state index in [0.29, 0.717) is 56.4 Å². The molecule has 0 unspecified atom stereocenters. The Kier molecular flexibility index (Phi) is 6.18. The Morgan fingerprint density at radius 3 is 2.67 bits per heavy atom. The summed E-state index contributed by atoms with van der Waals surface area (Å²) in [4.78, 5) is 48.1. The first kappa shape index (κ1) is 23.2. The molecular formula is C23H27ClFN5O3. The molecule has 2 aliphatic rings. The maximum atomic E-state index is 13.8. The van der Waals surface area contributed by atoms with Crippen molar-refractivity contribution in [2.45, 2.75) is 52.0 Å². The molecule has 8 nitrogen and oxygen atoms in total. The zero-order valence-electron chi connectivity index (χ0n) is 18.7. The van der Waals surface area contributed by atoms with E-state index in [1.165, 1.54) is 12.4 Å². The maximum absolute atomic E-state index is 13.8. The molecular weight excluding hydrogens is 449 g/mol. The second-order valence-corrected chi connectivity index (χ2v) is 9.26. The van der Waals surface area contributed by atoms with Crippen LogP contribution in [0, 0.1) is 18.2 Å². The van der Waals surface area contributed by atoms with Crippen molar-refractivity contribution >= 4 is 35.0 Å². The summed E-state index contributed by atoms with van der Waals surface area (Å²) in [6.45, 7) is 4.51. The number of nitrogens with two attached hydrogens (primary N) is 1. The summed E-state index contributed by atoms with van der Waals surface area (Å²) >= 11 is 6.26. The predicted molar refractivity (Wildman–Crippen MR) is 122 cm³/mol. The van der Waals surface area contributed by atoms with E-state index in [4.69, 9.17) is 17.3 Å². The lowest BCUT2D eigenvalue weighted by Crippen LogP contribution is -2.46. The fourth-order valence-electron chi connectivity index (χ4n) is 5.19. The largest absolute Gasteiger partial charge is 0.364 e. The van der Waals surface area contributed by atoms with Gasteiger partial charge in [0.1, 0.15) is 11.5 Å². The van der Waals surface area contributed by atoms with Crippen LogP contribution in [0.15, 0.2) is 18.5 Å². The van der Waals surface area contributed by atoms with Crippen molar-refractivity contribution < 1.29 is 18.8 Å². The van der Waals surface area contributed by atoms with Crippen molar-refractivity contribution in [3.8, 4) is 0 Å². The summed E-state index contributed by atoms with van der Waals surface area (Å²) in [6, 6.07) is 2.82. The average molecular weight is 476 g/mol. The van der Waals surface area contributed by atoms with Crippen molar-refractivity contribution in [2.24, 2.45) is 11.1 Å². The lowest BCUT2D eigenvalue weighted by atomic mass is 9.71. The van der Waals surface area contributed by atoms with Crippen LogP contribution in [0.5, 0.6) is 0 Å². The quantitative estimate of drug-likeness (QED) is 0.689. The first-order valence-corrected chi connectivity index (χ1v) is 11.5. The molecule has 176 valence electrons. The number of anilines is 1. The Morgan fingerprint density at radius 2 is 2.03 bits per heavy atom. The number of primary amides is 1. The highest BCUT2D eigenvalue weighted by molar-refractivity contribution is 6.34. The van der Waals surface area contributed by atoms with E-state index in [1.54, 1.807) is 22.8 Å². The molecule has 1 spiro atoms. The molecule has 4 rings (SSSR count). The fourth-order valence-corrected chi connectivity index (χ4v) is 5.44. The van der Waals surface area contributed by atoms with Crippen LogP contribution >= 0.6 is 11.6 Å². The molecule has 2 aromatic rings. The zero-order chi connectivity index (χ0) is 23.9. The fraction of sp³-hybridized carbons (Fsp3) is 0.478. The molecule has 1 saturated heterocycles. The van der Waals surface area contributed by atoms with Crippen molar-refractivity contribution in [3.05, 3.63) is 46.3 Å². The van der Waals surface area contributed by atoms with E-state index >= 15 is 0 Å². The number of aryl methyl sites for hydroxylation is 1. The summed E-state index contributed by atoms with van der Waals surface area (Å²) in [7, 11) is 0. The average Bonchev–Trinajstić information content (AvgIpc) is 3.39. The van der Waals surface area contributed by atoms with Gasteiger partial charge in [-0.25, -0.2) is 9.37 Å². The van der Waals surface area contributed by atoms with Crippen molar-refractivity contribution in [3.63, 3.8) is 0 Å². The topological polar surface area (TPSA) is 112 Å². The molecule has 2 fully saturated rings. The SMILES string of the molecule is CCN(C(=O)c1[nH]cnc1C(N)=O)C1CCC2(CC1)CCN(c1cc(C)c(F)cc1Cl)C2=O. The van der Waals surface area contributed by atoms with Crippen LogP contribution in [-0.2, 0) is 4.79 Å². The number of rotatable bonds is 5. The molecule has 0 radical (unpaired) electrons. The van der Waals surface area contributed by atoms with Gasteiger partial charge in [0, 0.05) is 19.1 Å². The summed E-state index contributed by atoms with van der Waals surface area (Å²) in [6.07, 6.45) is 4.58. The number of benzene rings is 1. The highest BCUT2D eigenvalue weighted by Gasteiger charge is 2.50. The van der Waals surface area contributed by atoms with E-state index in [9.17, 15) is 18.8 Å². The van der Waals surface area contributed by atoms with E-state index in [1.807, 2.05) is 6.92 Å². The number of hydrogen-bond acceptors (Lipinski definition) is 4. The Hall–Kier alpha value is -2.94. The third-order valence-corrected chi connectivity index (χ3v) is 7.38. The van der Waals surface area contributed by atoms with Gasteiger partial charge < -0.3 is 20.5 Å². The van der Waals surface area contributed by atoms with Crippen LogP contribution < -0.4 is 10.6 Å². The molecule has 1 aromatic carbocycles. The molecule has 0 atom stereocenters. The molecule has 1 aromatic heterocycles. The second-order valence-electron chi connectivity index (χ2n) is 8.85. The molecule has 33 heavy (non-hydrogen) atoms. The molecule has 1 aliphatic carbocycles. The normalized spacial score (nSPS) is 22.7. The lowest BCUT2D eigenvalue weighted by molar-refractivity contribution is -0.127. The minimum Gasteiger partial charge on any atom is -0.364 e. The third kappa shape index (κ3) is 3.99. The number of imidazole rings is 1. The van der Waals surface area contributed by atoms with Gasteiger partial charge >= 0.3 is 0 Å². The number of amides is 3. The third-order valence-electron chi connectivity index (χ3n) is 7.07. The Labute approximate surface area is 196 Å². The second kappa shape index (κ2) is 8.78. The number of aromatic amines is 1. The van der Waals surface area contributed by atoms with Crippen LogP contribution in [0.4, 0.5) is 10.1 Å². The van der Waals surface area contributed by atoms with E-state index in [2.05, 4.69) is 9.97 Å². The summed E-state index contributed by atoms with van der Waals surface area (Å²) in [5.74, 6) is -1.47. The van der Waals surface area contributed by atoms with Gasteiger partial charge in [-0.3, -0.25) is 14.4 Å². The van der Waals surface area contributed by atoms with Gasteiger partial charge in [-0.15, -0.1) is 0 Å². The molecule has 3 N–H and O–H groups in total. The van der Waals surface area contributed by atoms with Gasteiger partial charge in [0.15, 0.2) is 5.69 Å². The predicted octanol–water partition coefficient (Wildman–Crippen LogP) is 3.44. The summed E-state index contributed by atoms with van der Waals surface area (Å²) in [5.41, 5.74) is 5.84. The van der Waals surface area contributed by atoms with Gasteiger partial charge in [-0.1, -0.05) is 11.6 Å². The molecule has 10 heteroatoms. The number of nitrogens with one attached hydrogen (secondary N) is 1. The first-order chi connectivity index (χ1) is 15.7. The number of halogens is 2. The molecule has 3 amide bonds. The van der Waals surface area contributed by atoms with Crippen molar-refractivity contribution in [1.82, 2.24) is 14.9 Å². The van der Waals surface area contributed by atoms with E-state index in [0.717, 1.165) is 0 Å². The van der Waals surface area contributed by atoms with Crippen LogP contribution in [0.2, 0.25) is 5.02 Å². The summed E-state index contributed by atoms with van der Waals surface area (Å²) < 4.78 is 13.8. The minimum absolute atomic E-state index is 0.00724. The Bertz CT molecular complexity index is 1110. The smallest absolute Gasteiger partial charge is 0.273 e. The van der Waals surface area contributed by atoms with Crippen LogP contribution in [0.1, 0.15) is 65.6 Å². The van der Waals surface area contributed by atoms with Gasteiger partial charge in [-0.2, -0.15) is 0 Å². The van der Waals surface area contributed by atoms with Gasteiger partial charge in [0.2, 0.25) is 5.91 Å². The van der Waals surface area contributed by atoms with Crippen LogP contribution in [0.25, 0.3) is 0 Å². The molecule has 1 aliphatic heterocycles. The highest BCUT2D eigenvalue weighted by Crippen LogP contribution is 2.48. The van der Waals surface area contributed by atoms with Crippen molar-refractivity contribution in [2.75, 3.05) is 18.0 Å². The van der Waals surface area contributed by atoms with Crippen LogP contribution in [-0.4, -0.2) is 51.7 Å². The number of nitrogens with zero attached hydrogens (tertiary/aromatic N) is 3. The van der Waals surface area contributed by atoms with Crippen molar-refractivity contribution in [1.29, 1.82) is 0 Å². The molecule has 2 heterocycles. The standard InChI is InChI=1S/C23H27ClFN5O3/c1-3-29(21(32)19-18(20(26)31)27-12-28-19)14-4-6-23(7-5-14)8-9-30(22(23)33)17-10-13(2)16(25)11-15(17)24/h10-12,14H,3-9H2,1-2H3,(H2,26,31)(H,27,28). The Balaban J connectivity index is 1.48. The number of aromatic nitrogens is 2. The van der Waals surface area contributed by atoms with Crippen LogP contribution in [0.3, 0.4) is 0 Å². The summed E-state index contributed by atoms with van der Waals surface area (Å²) in [5, 5.41) is 0.227. The van der Waals surface area contributed by atoms with Gasteiger partial charge in [-0.05, 0) is 63.6 Å². The zero-order valence-corrected chi connectivity index (χ0v) is 19.4. The monoisotopic (exact) mass is 475 g/mol. The van der Waals surface area contributed by atoms with E-state index < -0.39 is 17.1 Å².